The van der Waals surface area contributed by atoms with Gasteiger partial charge in [0.2, 0.25) is 11.5 Å². The predicted molar refractivity (Wildman–Crippen MR) is 97.5 cm³/mol. The minimum absolute atomic E-state index is 0.0992. The molecule has 142 valence electrons. The van der Waals surface area contributed by atoms with Crippen LogP contribution in [0.1, 0.15) is 23.7 Å². The van der Waals surface area contributed by atoms with Crippen molar-refractivity contribution in [2.45, 2.75) is 18.5 Å². The predicted octanol–water partition coefficient (Wildman–Crippen LogP) is 2.87. The summed E-state index contributed by atoms with van der Waals surface area (Å²) in [7, 11) is 0. The number of nitrogens with one attached hydrogen (secondary N) is 2. The molecule has 0 aliphatic carbocycles. The van der Waals surface area contributed by atoms with Gasteiger partial charge < -0.3 is 10.3 Å². The third-order valence-corrected chi connectivity index (χ3v) is 4.85. The van der Waals surface area contributed by atoms with Gasteiger partial charge in [-0.25, -0.2) is 13.8 Å². The van der Waals surface area contributed by atoms with Crippen molar-refractivity contribution in [3.05, 3.63) is 99.5 Å². The monoisotopic (exact) mass is 384 g/mol. The first-order valence-electron chi connectivity index (χ1n) is 8.53. The third kappa shape index (κ3) is 2.87. The Balaban J connectivity index is 1.89. The first-order chi connectivity index (χ1) is 13.4. The Kier molecular flexibility index (Phi) is 4.26. The summed E-state index contributed by atoms with van der Waals surface area (Å²) in [6, 6.07) is 10.1. The number of aliphatic imine (C=N–C) groups is 1. The molecule has 4 rings (SSSR count). The number of aromatic nitrogens is 2. The maximum Gasteiger partial charge on any atom is 0.248 e. The van der Waals surface area contributed by atoms with Gasteiger partial charge in [0, 0.05) is 12.3 Å². The lowest BCUT2D eigenvalue weighted by molar-refractivity contribution is 0.429. The van der Waals surface area contributed by atoms with E-state index in [0.717, 1.165) is 12.1 Å². The lowest BCUT2D eigenvalue weighted by Crippen LogP contribution is -2.48. The zero-order valence-corrected chi connectivity index (χ0v) is 14.7. The second kappa shape index (κ2) is 6.63. The van der Waals surface area contributed by atoms with E-state index in [9.17, 15) is 18.0 Å². The molecule has 8 heteroatoms. The fraction of sp³-hybridized carbons (Fsp3) is 0.150. The largest absolute Gasteiger partial charge is 0.353 e. The average Bonchev–Trinajstić information content (AvgIpc) is 3.02. The van der Waals surface area contributed by atoms with Crippen LogP contribution < -0.4 is 10.9 Å². The summed E-state index contributed by atoms with van der Waals surface area (Å²) in [5, 5.41) is 3.14. The van der Waals surface area contributed by atoms with Crippen LogP contribution in [0, 0.1) is 17.6 Å². The maximum absolute atomic E-state index is 14.3. The van der Waals surface area contributed by atoms with Crippen LogP contribution in [-0.4, -0.2) is 21.8 Å². The van der Waals surface area contributed by atoms with Gasteiger partial charge in [0.1, 0.15) is 22.9 Å². The second-order valence-corrected chi connectivity index (χ2v) is 6.51. The van der Waals surface area contributed by atoms with Crippen molar-refractivity contribution >= 4 is 5.84 Å². The molecule has 0 unspecified atom stereocenters. The molecule has 2 N–H and O–H groups in total. The van der Waals surface area contributed by atoms with E-state index in [4.69, 9.17) is 0 Å². The fourth-order valence-corrected chi connectivity index (χ4v) is 3.52. The Morgan fingerprint density at radius 1 is 1.00 bits per heavy atom. The highest BCUT2D eigenvalue weighted by atomic mass is 19.1. The van der Waals surface area contributed by atoms with E-state index >= 15 is 0 Å². The summed E-state index contributed by atoms with van der Waals surface area (Å²) in [6.45, 7) is 1.76. The quantitative estimate of drug-likeness (QED) is 0.683. The highest BCUT2D eigenvalue weighted by molar-refractivity contribution is 6.00. The van der Waals surface area contributed by atoms with E-state index < -0.39 is 34.7 Å². The lowest BCUT2D eigenvalue weighted by Gasteiger charge is -2.35. The van der Waals surface area contributed by atoms with Gasteiger partial charge in [-0.3, -0.25) is 9.79 Å². The summed E-state index contributed by atoms with van der Waals surface area (Å²) in [5.74, 6) is -1.66. The number of amidine groups is 1. The smallest absolute Gasteiger partial charge is 0.248 e. The molecule has 1 aliphatic rings. The number of rotatable bonds is 3. The molecule has 0 spiro atoms. The molecule has 1 aliphatic heterocycles. The van der Waals surface area contributed by atoms with E-state index in [-0.39, 0.29) is 11.5 Å². The van der Waals surface area contributed by atoms with Gasteiger partial charge in [0.05, 0.1) is 6.04 Å². The first kappa shape index (κ1) is 18.0. The topological polar surface area (TPSA) is 70.1 Å². The van der Waals surface area contributed by atoms with Crippen molar-refractivity contribution in [2.75, 3.05) is 0 Å². The normalized spacial score (nSPS) is 21.3. The summed E-state index contributed by atoms with van der Waals surface area (Å²) in [5.41, 5.74) is -0.604. The van der Waals surface area contributed by atoms with Crippen LogP contribution in [-0.2, 0) is 5.54 Å². The molecule has 0 bridgehead atoms. The van der Waals surface area contributed by atoms with Crippen molar-refractivity contribution in [3.63, 3.8) is 0 Å². The molecule has 2 aromatic heterocycles. The molecule has 3 heterocycles. The van der Waals surface area contributed by atoms with Gasteiger partial charge in [-0.05, 0) is 48.4 Å². The molecule has 0 radical (unpaired) electrons. The zero-order valence-electron chi connectivity index (χ0n) is 14.7. The standard InChI is InChI=1S/C20H15F3N4O/c1-11-20(12-2-4-14(21)5-3-12,13-8-9-24-16(23)10-13)27-19(25-11)18-15(22)6-7-17(28)26-18/h2-11H,1H3,(H,25,27)(H,26,28)/t11-,20+/m0/s1. The second-order valence-electron chi connectivity index (χ2n) is 6.51. The van der Waals surface area contributed by atoms with E-state index in [1.54, 1.807) is 25.1 Å². The number of benzene rings is 1. The van der Waals surface area contributed by atoms with Gasteiger partial charge in [-0.2, -0.15) is 4.39 Å². The Morgan fingerprint density at radius 3 is 2.46 bits per heavy atom. The Morgan fingerprint density at radius 2 is 1.75 bits per heavy atom. The van der Waals surface area contributed by atoms with Crippen molar-refractivity contribution in [2.24, 2.45) is 4.99 Å². The number of pyridine rings is 2. The molecule has 28 heavy (non-hydrogen) atoms. The Hall–Kier alpha value is -3.42. The Bertz CT molecular complexity index is 1130. The number of hydrogen-bond donors (Lipinski definition) is 2. The third-order valence-electron chi connectivity index (χ3n) is 4.85. The van der Waals surface area contributed by atoms with Gasteiger partial charge >= 0.3 is 0 Å². The Labute approximate surface area is 158 Å². The molecule has 2 atom stereocenters. The zero-order chi connectivity index (χ0) is 19.9. The van der Waals surface area contributed by atoms with Crippen LogP contribution in [0.2, 0.25) is 0 Å². The van der Waals surface area contributed by atoms with E-state index in [0.29, 0.717) is 11.1 Å². The summed E-state index contributed by atoms with van der Waals surface area (Å²) >= 11 is 0. The first-order valence-corrected chi connectivity index (χ1v) is 8.53. The molecular weight excluding hydrogens is 369 g/mol. The van der Waals surface area contributed by atoms with E-state index in [2.05, 4.69) is 20.3 Å². The van der Waals surface area contributed by atoms with Gasteiger partial charge in [0.25, 0.3) is 0 Å². The molecular formula is C20H15F3N4O. The summed E-state index contributed by atoms with van der Waals surface area (Å²) < 4.78 is 41.7. The average molecular weight is 384 g/mol. The molecule has 5 nitrogen and oxygen atoms in total. The molecule has 0 amide bonds. The lowest BCUT2D eigenvalue weighted by atomic mass is 9.78. The fourth-order valence-electron chi connectivity index (χ4n) is 3.52. The van der Waals surface area contributed by atoms with Crippen LogP contribution in [0.5, 0.6) is 0 Å². The maximum atomic E-state index is 14.3. The number of nitrogens with zero attached hydrogens (tertiary/aromatic N) is 2. The summed E-state index contributed by atoms with van der Waals surface area (Å²) in [6.07, 6.45) is 1.31. The van der Waals surface area contributed by atoms with Crippen molar-refractivity contribution in [1.82, 2.24) is 15.3 Å². The number of aromatic amines is 1. The van der Waals surface area contributed by atoms with Gasteiger partial charge in [0.15, 0.2) is 5.82 Å². The summed E-state index contributed by atoms with van der Waals surface area (Å²) in [4.78, 5) is 22.1. The highest BCUT2D eigenvalue weighted by Crippen LogP contribution is 2.38. The van der Waals surface area contributed by atoms with Crippen molar-refractivity contribution in [1.29, 1.82) is 0 Å². The molecule has 0 saturated carbocycles. The molecule has 0 fully saturated rings. The SMILES string of the molecule is C[C@@H]1N=C(c2[nH]c(=O)ccc2F)N[C@]1(c1ccc(F)cc1)c1ccnc(F)c1. The van der Waals surface area contributed by atoms with Crippen molar-refractivity contribution < 1.29 is 13.2 Å². The van der Waals surface area contributed by atoms with E-state index in [1.165, 1.54) is 24.4 Å². The minimum atomic E-state index is -1.11. The van der Waals surface area contributed by atoms with Crippen LogP contribution >= 0.6 is 0 Å². The number of hydrogen-bond acceptors (Lipinski definition) is 4. The van der Waals surface area contributed by atoms with Crippen LogP contribution in [0.3, 0.4) is 0 Å². The van der Waals surface area contributed by atoms with Gasteiger partial charge in [-0.1, -0.05) is 12.1 Å². The van der Waals surface area contributed by atoms with Crippen molar-refractivity contribution in [3.8, 4) is 0 Å². The van der Waals surface area contributed by atoms with Crippen LogP contribution in [0.15, 0.2) is 64.5 Å². The van der Waals surface area contributed by atoms with Gasteiger partial charge in [-0.15, -0.1) is 0 Å². The molecule has 0 saturated heterocycles. The minimum Gasteiger partial charge on any atom is -0.353 e. The number of halogens is 3. The van der Waals surface area contributed by atoms with E-state index in [1.807, 2.05) is 0 Å². The molecule has 3 aromatic rings. The molecule has 1 aromatic carbocycles. The highest BCUT2D eigenvalue weighted by Gasteiger charge is 2.46. The van der Waals surface area contributed by atoms with Crippen LogP contribution in [0.25, 0.3) is 0 Å². The number of H-pyrrole nitrogens is 1. The van der Waals surface area contributed by atoms with Crippen LogP contribution in [0.4, 0.5) is 13.2 Å².